The van der Waals surface area contributed by atoms with E-state index < -0.39 is 5.82 Å². The molecule has 17 heavy (non-hydrogen) atoms. The van der Waals surface area contributed by atoms with E-state index in [2.05, 4.69) is 0 Å². The van der Waals surface area contributed by atoms with Crippen LogP contribution in [0.25, 0.3) is 0 Å². The van der Waals surface area contributed by atoms with E-state index in [9.17, 15) is 9.18 Å². The third kappa shape index (κ3) is 1.99. The molecular weight excluding hydrogens is 223 g/mol. The molecule has 0 spiro atoms. The van der Waals surface area contributed by atoms with Gasteiger partial charge < -0.3 is 10.0 Å². The molecule has 0 bridgehead atoms. The molecule has 1 fully saturated rings. The van der Waals surface area contributed by atoms with Gasteiger partial charge in [0.05, 0.1) is 18.2 Å². The molecule has 1 aromatic carbocycles. The summed E-state index contributed by atoms with van der Waals surface area (Å²) in [5.74, 6) is -0.783. The predicted molar refractivity (Wildman–Crippen MR) is 58.7 cm³/mol. The van der Waals surface area contributed by atoms with E-state index in [0.29, 0.717) is 18.5 Å². The molecule has 1 N–H and O–H groups in total. The van der Waals surface area contributed by atoms with Crippen molar-refractivity contribution in [1.29, 1.82) is 5.26 Å². The maximum atomic E-state index is 13.4. The Morgan fingerprint density at radius 1 is 1.59 bits per heavy atom. The summed E-state index contributed by atoms with van der Waals surface area (Å²) in [4.78, 5) is 13.0. The average Bonchev–Trinajstić information content (AvgIpc) is 2.70. The van der Waals surface area contributed by atoms with Gasteiger partial charge in [-0.05, 0) is 24.6 Å². The Bertz CT molecular complexity index is 496. The number of aliphatic hydroxyl groups is 1. The van der Waals surface area contributed by atoms with E-state index in [-0.39, 0.29) is 24.1 Å². The number of hydrogen-bond donors (Lipinski definition) is 1. The second kappa shape index (κ2) is 4.52. The van der Waals surface area contributed by atoms with Crippen LogP contribution in [0.5, 0.6) is 0 Å². The van der Waals surface area contributed by atoms with Gasteiger partial charge in [-0.15, -0.1) is 0 Å². The van der Waals surface area contributed by atoms with Crippen LogP contribution in [0.2, 0.25) is 0 Å². The van der Waals surface area contributed by atoms with E-state index in [1.807, 2.05) is 0 Å². The lowest BCUT2D eigenvalue weighted by Gasteiger charge is -2.23. The molecule has 1 unspecified atom stereocenters. The minimum atomic E-state index is -0.651. The van der Waals surface area contributed by atoms with Gasteiger partial charge in [0.15, 0.2) is 0 Å². The summed E-state index contributed by atoms with van der Waals surface area (Å²) in [7, 11) is 0. The van der Waals surface area contributed by atoms with Crippen LogP contribution in [0.4, 0.5) is 10.1 Å². The summed E-state index contributed by atoms with van der Waals surface area (Å²) in [5.41, 5.74) is 0.337. The smallest absolute Gasteiger partial charge is 0.227 e. The summed E-state index contributed by atoms with van der Waals surface area (Å²) >= 11 is 0. The van der Waals surface area contributed by atoms with Gasteiger partial charge in [-0.2, -0.15) is 5.26 Å². The number of rotatable bonds is 2. The van der Waals surface area contributed by atoms with Crippen molar-refractivity contribution in [2.45, 2.75) is 18.9 Å². The first-order valence-electron chi connectivity index (χ1n) is 5.30. The van der Waals surface area contributed by atoms with Gasteiger partial charge >= 0.3 is 0 Å². The Hall–Kier alpha value is -1.93. The quantitative estimate of drug-likeness (QED) is 0.835. The molecule has 0 radical (unpaired) electrons. The van der Waals surface area contributed by atoms with Crippen LogP contribution in [0, 0.1) is 17.1 Å². The lowest BCUT2D eigenvalue weighted by Crippen LogP contribution is -2.35. The van der Waals surface area contributed by atoms with Crippen molar-refractivity contribution < 1.29 is 14.3 Å². The van der Waals surface area contributed by atoms with E-state index in [1.165, 1.54) is 17.0 Å². The zero-order chi connectivity index (χ0) is 12.4. The zero-order valence-corrected chi connectivity index (χ0v) is 9.06. The number of benzene rings is 1. The van der Waals surface area contributed by atoms with Crippen LogP contribution in [0.3, 0.4) is 0 Å². The van der Waals surface area contributed by atoms with E-state index in [0.717, 1.165) is 6.07 Å². The molecule has 4 nitrogen and oxygen atoms in total. The van der Waals surface area contributed by atoms with Gasteiger partial charge in [0.25, 0.3) is 0 Å². The Morgan fingerprint density at radius 2 is 2.35 bits per heavy atom. The lowest BCUT2D eigenvalue weighted by atomic mass is 10.1. The van der Waals surface area contributed by atoms with Crippen molar-refractivity contribution in [3.63, 3.8) is 0 Å². The molecule has 1 heterocycles. The number of hydrogen-bond acceptors (Lipinski definition) is 3. The molecule has 1 atom stereocenters. The van der Waals surface area contributed by atoms with Gasteiger partial charge in [0, 0.05) is 12.1 Å². The second-order valence-electron chi connectivity index (χ2n) is 3.91. The number of nitriles is 1. The van der Waals surface area contributed by atoms with Gasteiger partial charge in [0.1, 0.15) is 11.9 Å². The van der Waals surface area contributed by atoms with Crippen molar-refractivity contribution in [2.24, 2.45) is 0 Å². The summed E-state index contributed by atoms with van der Waals surface area (Å²) in [5, 5.41) is 17.8. The van der Waals surface area contributed by atoms with Gasteiger partial charge in [-0.25, -0.2) is 4.39 Å². The molecule has 2 rings (SSSR count). The highest BCUT2D eigenvalue weighted by Gasteiger charge is 2.31. The number of amides is 1. The van der Waals surface area contributed by atoms with Crippen LogP contribution >= 0.6 is 0 Å². The van der Waals surface area contributed by atoms with Crippen LogP contribution < -0.4 is 4.90 Å². The Kier molecular flexibility index (Phi) is 3.07. The van der Waals surface area contributed by atoms with Crippen molar-refractivity contribution in [3.8, 4) is 6.07 Å². The Balaban J connectivity index is 2.37. The number of halogens is 1. The van der Waals surface area contributed by atoms with E-state index in [1.54, 1.807) is 6.07 Å². The first kappa shape index (κ1) is 11.6. The van der Waals surface area contributed by atoms with Crippen LogP contribution in [0.15, 0.2) is 18.2 Å². The highest BCUT2D eigenvalue weighted by Crippen LogP contribution is 2.27. The van der Waals surface area contributed by atoms with E-state index in [4.69, 9.17) is 10.4 Å². The molecule has 1 saturated heterocycles. The van der Waals surface area contributed by atoms with Gasteiger partial charge in [-0.3, -0.25) is 4.79 Å². The van der Waals surface area contributed by atoms with Crippen LogP contribution in [-0.2, 0) is 4.79 Å². The second-order valence-corrected chi connectivity index (χ2v) is 3.91. The number of carbonyl (C=O) groups is 1. The molecule has 0 aliphatic carbocycles. The highest BCUT2D eigenvalue weighted by atomic mass is 19.1. The first-order valence-corrected chi connectivity index (χ1v) is 5.30. The summed E-state index contributed by atoms with van der Waals surface area (Å²) in [6.45, 7) is -0.145. The minimum Gasteiger partial charge on any atom is -0.394 e. The zero-order valence-electron chi connectivity index (χ0n) is 9.06. The maximum Gasteiger partial charge on any atom is 0.227 e. The van der Waals surface area contributed by atoms with Crippen molar-refractivity contribution in [2.75, 3.05) is 11.5 Å². The van der Waals surface area contributed by atoms with Crippen LogP contribution in [0.1, 0.15) is 18.4 Å². The molecule has 0 saturated carbocycles. The number of anilines is 1. The monoisotopic (exact) mass is 234 g/mol. The van der Waals surface area contributed by atoms with Crippen molar-refractivity contribution in [1.82, 2.24) is 0 Å². The first-order chi connectivity index (χ1) is 8.17. The third-order valence-electron chi connectivity index (χ3n) is 2.89. The number of carbonyl (C=O) groups excluding carboxylic acids is 1. The average molecular weight is 234 g/mol. The normalized spacial score (nSPS) is 19.5. The number of aliphatic hydroxyl groups excluding tert-OH is 1. The maximum absolute atomic E-state index is 13.4. The molecule has 1 aliphatic heterocycles. The molecule has 0 aromatic heterocycles. The van der Waals surface area contributed by atoms with E-state index >= 15 is 0 Å². The fourth-order valence-electron chi connectivity index (χ4n) is 2.02. The predicted octanol–water partition coefficient (Wildman–Crippen LogP) is 1.19. The molecule has 1 amide bonds. The summed E-state index contributed by atoms with van der Waals surface area (Å²) < 4.78 is 13.4. The van der Waals surface area contributed by atoms with Crippen molar-refractivity contribution >= 4 is 11.6 Å². The highest BCUT2D eigenvalue weighted by molar-refractivity contribution is 5.96. The summed E-state index contributed by atoms with van der Waals surface area (Å²) in [6.07, 6.45) is 0.920. The molecular formula is C12H11FN2O2. The summed E-state index contributed by atoms with van der Waals surface area (Å²) in [6, 6.07) is 5.44. The lowest BCUT2D eigenvalue weighted by molar-refractivity contribution is -0.117. The minimum absolute atomic E-state index is 0.0547. The Labute approximate surface area is 97.9 Å². The van der Waals surface area contributed by atoms with Crippen molar-refractivity contribution in [3.05, 3.63) is 29.6 Å². The standard InChI is InChI=1S/C12H11FN2O2/c13-11-5-9(2-1-8(11)6-14)15-10(7-16)3-4-12(15)17/h1-2,5,10,16H,3-4,7H2. The Morgan fingerprint density at radius 3 is 2.94 bits per heavy atom. The fourth-order valence-corrected chi connectivity index (χ4v) is 2.02. The molecule has 1 aromatic rings. The van der Waals surface area contributed by atoms with Gasteiger partial charge in [0.2, 0.25) is 5.91 Å². The SMILES string of the molecule is N#Cc1ccc(N2C(=O)CCC2CO)cc1F. The van der Waals surface area contributed by atoms with Gasteiger partial charge in [-0.1, -0.05) is 0 Å². The largest absolute Gasteiger partial charge is 0.394 e. The molecule has 1 aliphatic rings. The molecule has 88 valence electrons. The molecule has 5 heteroatoms. The number of nitrogens with zero attached hydrogens (tertiary/aromatic N) is 2. The van der Waals surface area contributed by atoms with Crippen LogP contribution in [-0.4, -0.2) is 23.7 Å². The third-order valence-corrected chi connectivity index (χ3v) is 2.89. The topological polar surface area (TPSA) is 64.3 Å². The fraction of sp³-hybridized carbons (Fsp3) is 0.333.